The molecule has 10 nitrogen and oxygen atoms in total. The zero-order chi connectivity index (χ0) is 33.9. The van der Waals surface area contributed by atoms with Crippen molar-refractivity contribution in [3.8, 4) is 11.5 Å². The van der Waals surface area contributed by atoms with Gasteiger partial charge < -0.3 is 29.1 Å². The summed E-state index contributed by atoms with van der Waals surface area (Å²) in [5, 5.41) is 15.4. The molecular weight excluding hydrogens is 665 g/mol. The van der Waals surface area contributed by atoms with Gasteiger partial charge in [-0.1, -0.05) is 59.6 Å². The molecule has 47 heavy (non-hydrogen) atoms. The minimum Gasteiger partial charge on any atom is -0.619 e. The minimum atomic E-state index is -0.840. The van der Waals surface area contributed by atoms with E-state index in [0.29, 0.717) is 45.4 Å². The second-order valence-electron chi connectivity index (χ2n) is 10.8. The molecule has 0 amide bonds. The Hall–Kier alpha value is -3.87. The quantitative estimate of drug-likeness (QED) is 0.0634. The van der Waals surface area contributed by atoms with E-state index in [0.717, 1.165) is 23.4 Å². The van der Waals surface area contributed by atoms with E-state index < -0.39 is 18.1 Å². The van der Waals surface area contributed by atoms with Crippen molar-refractivity contribution < 1.29 is 33.3 Å². The second kappa shape index (κ2) is 17.3. The number of pyridine rings is 1. The number of carbonyl (C=O) groups is 2. The van der Waals surface area contributed by atoms with Crippen molar-refractivity contribution in [1.82, 2.24) is 10.2 Å². The molecule has 2 heterocycles. The Balaban J connectivity index is 1.50. The van der Waals surface area contributed by atoms with Crippen LogP contribution in [0.5, 0.6) is 11.5 Å². The number of hydrogen-bond donors (Lipinski definition) is 1. The molecule has 2 atom stereocenters. The van der Waals surface area contributed by atoms with Crippen molar-refractivity contribution in [2.75, 3.05) is 41.5 Å². The van der Waals surface area contributed by atoms with Crippen LogP contribution < -0.4 is 19.5 Å². The van der Waals surface area contributed by atoms with E-state index in [1.165, 1.54) is 38.0 Å². The lowest BCUT2D eigenvalue weighted by atomic mass is 10.0. The summed E-state index contributed by atoms with van der Waals surface area (Å²) in [7, 11) is 6.97. The maximum atomic E-state index is 13.5. The van der Waals surface area contributed by atoms with Gasteiger partial charge >= 0.3 is 11.9 Å². The molecule has 0 aliphatic rings. The van der Waals surface area contributed by atoms with E-state index in [1.54, 1.807) is 24.3 Å². The smallest absolute Gasteiger partial charge is 0.348 e. The summed E-state index contributed by atoms with van der Waals surface area (Å²) in [5.41, 5.74) is 1.83. The van der Waals surface area contributed by atoms with Gasteiger partial charge in [0.15, 0.2) is 23.9 Å². The summed E-state index contributed by atoms with van der Waals surface area (Å²) < 4.78 is 22.9. The normalized spacial score (nSPS) is 12.4. The van der Waals surface area contributed by atoms with Gasteiger partial charge in [-0.15, -0.1) is 11.3 Å². The molecule has 0 aliphatic heterocycles. The zero-order valence-electron chi connectivity index (χ0n) is 26.5. The van der Waals surface area contributed by atoms with Gasteiger partial charge in [-0.3, -0.25) is 5.32 Å². The number of nitrogens with zero attached hydrogens (tertiary/aromatic N) is 2. The van der Waals surface area contributed by atoms with Gasteiger partial charge in [0.25, 0.3) is 0 Å². The SMILES string of the molecule is COc1ccc([C@H](Cc2c(Cl)c[n+]([O-])cc2Cl)OC(=O)c2ccc(CNC(C(=O)OCCCN(C)C)c3ccccc3)s2)cc1OC. The summed E-state index contributed by atoms with van der Waals surface area (Å²) in [5.74, 6) is 0.0150. The van der Waals surface area contributed by atoms with E-state index in [9.17, 15) is 14.8 Å². The van der Waals surface area contributed by atoms with Gasteiger partial charge in [-0.2, -0.15) is 4.73 Å². The van der Waals surface area contributed by atoms with E-state index in [-0.39, 0.29) is 22.4 Å². The van der Waals surface area contributed by atoms with Crippen LogP contribution in [0, 0.1) is 5.21 Å². The molecule has 0 fully saturated rings. The monoisotopic (exact) mass is 701 g/mol. The van der Waals surface area contributed by atoms with Crippen LogP contribution in [0.1, 0.15) is 49.8 Å². The number of ether oxygens (including phenoxy) is 4. The predicted molar refractivity (Wildman–Crippen MR) is 181 cm³/mol. The number of methoxy groups -OCH3 is 2. The number of thiophene rings is 1. The number of aromatic nitrogens is 1. The number of hydrogen-bond acceptors (Lipinski definition) is 10. The number of benzene rings is 2. The van der Waals surface area contributed by atoms with Crippen molar-refractivity contribution in [2.45, 2.75) is 31.5 Å². The molecule has 0 aliphatic carbocycles. The Labute approximate surface area is 288 Å². The molecule has 13 heteroatoms. The van der Waals surface area contributed by atoms with Crippen LogP contribution in [0.25, 0.3) is 0 Å². The molecular formula is C34H37Cl2N3O7S. The van der Waals surface area contributed by atoms with Gasteiger partial charge in [0, 0.05) is 30.0 Å². The fourth-order valence-corrected chi connectivity index (χ4v) is 6.22. The Kier molecular flexibility index (Phi) is 13.3. The molecule has 4 rings (SSSR count). The topological polar surface area (TPSA) is 113 Å². The number of halogens is 2. The zero-order valence-corrected chi connectivity index (χ0v) is 28.9. The summed E-state index contributed by atoms with van der Waals surface area (Å²) in [6.07, 6.45) is 2.36. The van der Waals surface area contributed by atoms with Crippen molar-refractivity contribution in [1.29, 1.82) is 0 Å². The van der Waals surface area contributed by atoms with E-state index >= 15 is 0 Å². The van der Waals surface area contributed by atoms with E-state index in [4.69, 9.17) is 42.1 Å². The molecule has 0 spiro atoms. The van der Waals surface area contributed by atoms with Crippen LogP contribution in [0.2, 0.25) is 10.0 Å². The molecule has 1 N–H and O–H groups in total. The Morgan fingerprint density at radius 2 is 1.66 bits per heavy atom. The largest absolute Gasteiger partial charge is 0.619 e. The van der Waals surface area contributed by atoms with Crippen molar-refractivity contribution in [2.24, 2.45) is 0 Å². The lowest BCUT2D eigenvalue weighted by Crippen LogP contribution is -2.30. The number of nitrogens with one attached hydrogen (secondary N) is 1. The molecule has 2 aromatic heterocycles. The minimum absolute atomic E-state index is 0.0922. The van der Waals surface area contributed by atoms with Gasteiger partial charge in [0.05, 0.1) is 20.8 Å². The fraction of sp³-hybridized carbons (Fsp3) is 0.324. The summed E-state index contributed by atoms with van der Waals surface area (Å²) in [6, 6.07) is 17.3. The van der Waals surface area contributed by atoms with Gasteiger partial charge in [-0.05, 0) is 55.9 Å². The van der Waals surface area contributed by atoms with E-state index in [1.807, 2.05) is 55.4 Å². The average molecular weight is 703 g/mol. The molecule has 2 aromatic carbocycles. The van der Waals surface area contributed by atoms with Crippen LogP contribution in [0.15, 0.2) is 73.1 Å². The third-order valence-corrected chi connectivity index (χ3v) is 8.90. The van der Waals surface area contributed by atoms with Crippen molar-refractivity contribution in [3.05, 3.63) is 115 Å². The molecule has 1 unspecified atom stereocenters. The highest BCUT2D eigenvalue weighted by atomic mass is 35.5. The van der Waals surface area contributed by atoms with Crippen molar-refractivity contribution in [3.63, 3.8) is 0 Å². The standard InChI is InChI=1S/C34H37Cl2N3O7S/c1-38(2)15-8-16-45-34(41)32(22-9-6-5-7-10-22)37-19-24-12-14-31(47-24)33(40)46-29(18-25-26(35)20-39(42)21-27(25)36)23-11-13-28(43-3)30(17-23)44-4/h5-7,9-14,17,20-21,29,32,37H,8,15-16,18-19H2,1-4H3/t29-,32?/m0/s1. The van der Waals surface area contributed by atoms with Gasteiger partial charge in [-0.25, -0.2) is 9.59 Å². The highest BCUT2D eigenvalue weighted by Crippen LogP contribution is 2.36. The molecule has 250 valence electrons. The van der Waals surface area contributed by atoms with Crippen LogP contribution in [-0.4, -0.2) is 58.3 Å². The Morgan fingerprint density at radius 3 is 2.32 bits per heavy atom. The van der Waals surface area contributed by atoms with Crippen LogP contribution >= 0.6 is 34.5 Å². The molecule has 4 aromatic rings. The lowest BCUT2D eigenvalue weighted by molar-refractivity contribution is -0.605. The molecule has 0 saturated heterocycles. The lowest BCUT2D eigenvalue weighted by Gasteiger charge is -2.20. The first-order chi connectivity index (χ1) is 22.6. The first kappa shape index (κ1) is 36.0. The maximum absolute atomic E-state index is 13.5. The Morgan fingerprint density at radius 1 is 0.957 bits per heavy atom. The predicted octanol–water partition coefficient (Wildman–Crippen LogP) is 6.17. The average Bonchev–Trinajstić information content (AvgIpc) is 3.53. The second-order valence-corrected chi connectivity index (χ2v) is 12.8. The first-order valence-electron chi connectivity index (χ1n) is 14.8. The first-order valence-corrected chi connectivity index (χ1v) is 16.3. The van der Waals surface area contributed by atoms with Gasteiger partial charge in [0.2, 0.25) is 0 Å². The third kappa shape index (κ3) is 10.1. The number of rotatable bonds is 16. The maximum Gasteiger partial charge on any atom is 0.348 e. The van der Waals surface area contributed by atoms with Crippen molar-refractivity contribution >= 4 is 46.5 Å². The fourth-order valence-electron chi connectivity index (χ4n) is 4.78. The molecule has 0 bridgehead atoms. The van der Waals surface area contributed by atoms with Gasteiger partial charge in [0.1, 0.15) is 27.1 Å². The number of carbonyl (C=O) groups excluding carboxylic acids is 2. The third-order valence-electron chi connectivity index (χ3n) is 7.18. The van der Waals surface area contributed by atoms with Crippen LogP contribution in [0.3, 0.4) is 0 Å². The number of esters is 2. The Bertz CT molecular complexity index is 1630. The van der Waals surface area contributed by atoms with Crippen LogP contribution in [-0.2, 0) is 27.2 Å². The summed E-state index contributed by atoms with van der Waals surface area (Å²) in [6.45, 7) is 1.44. The molecule has 0 saturated carbocycles. The highest BCUT2D eigenvalue weighted by molar-refractivity contribution is 7.13. The summed E-state index contributed by atoms with van der Waals surface area (Å²) >= 11 is 14.0. The van der Waals surface area contributed by atoms with Crippen LogP contribution in [0.4, 0.5) is 0 Å². The summed E-state index contributed by atoms with van der Waals surface area (Å²) in [4.78, 5) is 29.8. The highest BCUT2D eigenvalue weighted by Gasteiger charge is 2.26. The van der Waals surface area contributed by atoms with E-state index in [2.05, 4.69) is 5.32 Å². The molecule has 0 radical (unpaired) electrons.